The molecule has 2 nitrogen and oxygen atoms in total. The van der Waals surface area contributed by atoms with Gasteiger partial charge in [0.05, 0.1) is 10.2 Å². The van der Waals surface area contributed by atoms with Crippen molar-refractivity contribution in [2.24, 2.45) is 4.99 Å². The van der Waals surface area contributed by atoms with Crippen LogP contribution in [0.3, 0.4) is 0 Å². The van der Waals surface area contributed by atoms with Crippen LogP contribution in [0.2, 0.25) is 0 Å². The van der Waals surface area contributed by atoms with Gasteiger partial charge < -0.3 is 4.74 Å². The number of aliphatic imine (C=N–C) groups is 1. The second-order valence-electron chi connectivity index (χ2n) is 3.06. The first kappa shape index (κ1) is 16.1. The van der Waals surface area contributed by atoms with Crippen LogP contribution in [0.5, 0.6) is 5.75 Å². The van der Waals surface area contributed by atoms with Crippen molar-refractivity contribution in [3.05, 3.63) is 22.7 Å². The molecule has 19 heavy (non-hydrogen) atoms. The van der Waals surface area contributed by atoms with Gasteiger partial charge >= 0.3 is 12.5 Å². The largest absolute Gasteiger partial charge is 0.573 e. The third kappa shape index (κ3) is 5.27. The van der Waals surface area contributed by atoms with Crippen LogP contribution >= 0.6 is 27.5 Å². The van der Waals surface area contributed by atoms with Gasteiger partial charge in [-0.3, -0.25) is 0 Å². The van der Waals surface area contributed by atoms with Crippen LogP contribution in [-0.2, 0) is 0 Å². The van der Waals surface area contributed by atoms with Crippen LogP contribution in [0.1, 0.15) is 0 Å². The summed E-state index contributed by atoms with van der Waals surface area (Å²) in [6, 6.07) is 2.63. The Balaban J connectivity index is 3.01. The molecule has 0 heterocycles. The standard InChI is InChI=1S/C9H3BrClF6NO/c10-5-3-4(18-7(11)8(12,13)14)1-2-6(5)19-9(15,16)17/h1-3H. The molecule has 0 aliphatic rings. The van der Waals surface area contributed by atoms with Crippen molar-refractivity contribution in [1.82, 2.24) is 0 Å². The van der Waals surface area contributed by atoms with E-state index in [9.17, 15) is 26.3 Å². The number of hydrogen-bond donors (Lipinski definition) is 0. The van der Waals surface area contributed by atoms with Gasteiger partial charge in [0.15, 0.2) is 0 Å². The van der Waals surface area contributed by atoms with Crippen molar-refractivity contribution < 1.29 is 31.1 Å². The maximum Gasteiger partial charge on any atom is 0.573 e. The molecule has 106 valence electrons. The average molecular weight is 370 g/mol. The van der Waals surface area contributed by atoms with E-state index in [1.165, 1.54) is 0 Å². The van der Waals surface area contributed by atoms with Crippen molar-refractivity contribution in [3.63, 3.8) is 0 Å². The highest BCUT2D eigenvalue weighted by molar-refractivity contribution is 9.10. The van der Waals surface area contributed by atoms with Crippen LogP contribution in [-0.4, -0.2) is 17.7 Å². The maximum atomic E-state index is 12.1. The lowest BCUT2D eigenvalue weighted by Crippen LogP contribution is -2.17. The molecule has 10 heteroatoms. The average Bonchev–Trinajstić information content (AvgIpc) is 2.19. The fourth-order valence-electron chi connectivity index (χ4n) is 0.943. The lowest BCUT2D eigenvalue weighted by Gasteiger charge is -2.10. The van der Waals surface area contributed by atoms with Gasteiger partial charge in [0, 0.05) is 0 Å². The van der Waals surface area contributed by atoms with E-state index in [1.807, 2.05) is 0 Å². The minimum atomic E-state index is -4.91. The molecule has 0 aliphatic heterocycles. The molecule has 0 amide bonds. The zero-order chi connectivity index (χ0) is 14.8. The van der Waals surface area contributed by atoms with Gasteiger partial charge in [-0.1, -0.05) is 11.6 Å². The Morgan fingerprint density at radius 1 is 1.16 bits per heavy atom. The number of rotatable bonds is 2. The predicted octanol–water partition coefficient (Wildman–Crippen LogP) is 5.18. The minimum absolute atomic E-state index is 0.210. The summed E-state index contributed by atoms with van der Waals surface area (Å²) in [6.07, 6.45) is -9.73. The molecule has 0 spiro atoms. The summed E-state index contributed by atoms with van der Waals surface area (Å²) in [5.74, 6) is -0.602. The molecule has 0 saturated heterocycles. The molecule has 1 rings (SSSR count). The fraction of sp³-hybridized carbons (Fsp3) is 0.222. The Morgan fingerprint density at radius 3 is 2.16 bits per heavy atom. The minimum Gasteiger partial charge on any atom is -0.405 e. The zero-order valence-electron chi connectivity index (χ0n) is 8.61. The van der Waals surface area contributed by atoms with Gasteiger partial charge in [-0.05, 0) is 34.1 Å². The Kier molecular flexibility index (Phi) is 4.72. The van der Waals surface area contributed by atoms with E-state index in [0.717, 1.165) is 18.2 Å². The summed E-state index contributed by atoms with van der Waals surface area (Å²) in [7, 11) is 0. The lowest BCUT2D eigenvalue weighted by atomic mass is 10.3. The van der Waals surface area contributed by atoms with E-state index in [0.29, 0.717) is 0 Å². The molecule has 0 aliphatic carbocycles. The highest BCUT2D eigenvalue weighted by atomic mass is 79.9. The number of benzene rings is 1. The third-order valence-corrected chi connectivity index (χ3v) is 2.52. The van der Waals surface area contributed by atoms with Crippen molar-refractivity contribution >= 4 is 38.4 Å². The summed E-state index contributed by atoms with van der Waals surface area (Å²) < 4.78 is 75.5. The van der Waals surface area contributed by atoms with Crippen molar-refractivity contribution in [3.8, 4) is 5.75 Å². The molecular formula is C9H3BrClF6NO. The third-order valence-electron chi connectivity index (χ3n) is 1.60. The van der Waals surface area contributed by atoms with Gasteiger partial charge in [0.25, 0.3) is 0 Å². The topological polar surface area (TPSA) is 21.6 Å². The highest BCUT2D eigenvalue weighted by Crippen LogP contribution is 2.34. The predicted molar refractivity (Wildman–Crippen MR) is 59.8 cm³/mol. The van der Waals surface area contributed by atoms with Gasteiger partial charge in [-0.15, -0.1) is 13.2 Å². The fourth-order valence-corrected chi connectivity index (χ4v) is 1.49. The zero-order valence-corrected chi connectivity index (χ0v) is 11.0. The van der Waals surface area contributed by atoms with Gasteiger partial charge in [0.1, 0.15) is 5.75 Å². The molecule has 0 saturated carbocycles. The Labute approximate surface area is 116 Å². The van der Waals surface area contributed by atoms with Crippen LogP contribution < -0.4 is 4.74 Å². The number of ether oxygens (including phenoxy) is 1. The molecule has 0 radical (unpaired) electrons. The van der Waals surface area contributed by atoms with E-state index in [1.54, 1.807) is 0 Å². The quantitative estimate of drug-likeness (QED) is 0.519. The summed E-state index contributed by atoms with van der Waals surface area (Å²) >= 11 is 7.61. The summed E-state index contributed by atoms with van der Waals surface area (Å²) in [6.45, 7) is 0. The number of alkyl halides is 6. The number of nitrogens with zero attached hydrogens (tertiary/aromatic N) is 1. The molecular weight excluding hydrogens is 367 g/mol. The van der Waals surface area contributed by atoms with Crippen molar-refractivity contribution in [2.75, 3.05) is 0 Å². The van der Waals surface area contributed by atoms with E-state index in [4.69, 9.17) is 11.6 Å². The number of halogens is 8. The first-order chi connectivity index (χ1) is 8.49. The Bertz CT molecular complexity index is 498. The first-order valence-electron chi connectivity index (χ1n) is 4.36. The second-order valence-corrected chi connectivity index (χ2v) is 4.28. The van der Waals surface area contributed by atoms with Crippen LogP contribution in [0.15, 0.2) is 27.7 Å². The highest BCUT2D eigenvalue weighted by Gasteiger charge is 2.35. The summed E-state index contributed by atoms with van der Waals surface area (Å²) in [5, 5.41) is -1.64. The van der Waals surface area contributed by atoms with Crippen molar-refractivity contribution in [2.45, 2.75) is 12.5 Å². The Morgan fingerprint density at radius 2 is 1.74 bits per heavy atom. The van der Waals surface area contributed by atoms with E-state index in [2.05, 4.69) is 25.7 Å². The lowest BCUT2D eigenvalue weighted by molar-refractivity contribution is -0.274. The van der Waals surface area contributed by atoms with Crippen LogP contribution in [0.25, 0.3) is 0 Å². The molecule has 1 aromatic carbocycles. The maximum absolute atomic E-state index is 12.1. The molecule has 0 N–H and O–H groups in total. The monoisotopic (exact) mass is 369 g/mol. The van der Waals surface area contributed by atoms with Gasteiger partial charge in [0.2, 0.25) is 5.17 Å². The summed E-state index contributed by atoms with van der Waals surface area (Å²) in [5.41, 5.74) is -0.274. The van der Waals surface area contributed by atoms with Crippen molar-refractivity contribution in [1.29, 1.82) is 0 Å². The molecule has 0 unspecified atom stereocenters. The van der Waals surface area contributed by atoms with E-state index < -0.39 is 23.5 Å². The summed E-state index contributed by atoms with van der Waals surface area (Å²) in [4.78, 5) is 3.02. The molecule has 1 aromatic rings. The van der Waals surface area contributed by atoms with Crippen LogP contribution in [0, 0.1) is 0 Å². The SMILES string of the molecule is FC(F)(F)Oc1ccc(N=C(Cl)C(F)(F)F)cc1Br. The van der Waals surface area contributed by atoms with Crippen LogP contribution in [0.4, 0.5) is 32.0 Å². The normalized spacial score (nSPS) is 13.6. The first-order valence-corrected chi connectivity index (χ1v) is 5.53. The van der Waals surface area contributed by atoms with E-state index >= 15 is 0 Å². The van der Waals surface area contributed by atoms with Gasteiger partial charge in [-0.25, -0.2) is 4.99 Å². The molecule has 0 atom stereocenters. The second kappa shape index (κ2) is 5.58. The number of hydrogen-bond acceptors (Lipinski definition) is 2. The van der Waals surface area contributed by atoms with E-state index in [-0.39, 0.29) is 10.2 Å². The smallest absolute Gasteiger partial charge is 0.405 e. The molecule has 0 fully saturated rings. The molecule has 0 aromatic heterocycles. The Hall–Kier alpha value is -0.960. The van der Waals surface area contributed by atoms with Gasteiger partial charge in [-0.2, -0.15) is 13.2 Å². The molecule has 0 bridgehead atoms.